The first-order valence-corrected chi connectivity index (χ1v) is 8.66. The molecule has 3 N–H and O–H groups in total. The van der Waals surface area contributed by atoms with Crippen molar-refractivity contribution in [2.45, 2.75) is 19.1 Å². The van der Waals surface area contributed by atoms with E-state index in [0.29, 0.717) is 22.4 Å². The Kier molecular flexibility index (Phi) is 5.57. The van der Waals surface area contributed by atoms with Gasteiger partial charge in [-0.05, 0) is 29.3 Å². The average molecular weight is 382 g/mol. The van der Waals surface area contributed by atoms with Gasteiger partial charge < -0.3 is 15.8 Å². The van der Waals surface area contributed by atoms with Gasteiger partial charge >= 0.3 is 6.09 Å². The lowest BCUT2D eigenvalue weighted by Crippen LogP contribution is -2.33. The Hall–Kier alpha value is -3.44. The average Bonchev–Trinajstić information content (AvgIpc) is 3.06. The molecule has 3 rings (SSSR count). The zero-order chi connectivity index (χ0) is 20.3. The molecule has 2 aromatic carbocycles. The predicted molar refractivity (Wildman–Crippen MR) is 101 cm³/mol. The van der Waals surface area contributed by atoms with Crippen LogP contribution in [0.5, 0.6) is 0 Å². The van der Waals surface area contributed by atoms with Crippen molar-refractivity contribution < 1.29 is 18.7 Å². The largest absolute Gasteiger partial charge is 0.442 e. The molecule has 0 aliphatic carbocycles. The Bertz CT molecular complexity index is 939. The Balaban J connectivity index is 1.76. The van der Waals surface area contributed by atoms with Crippen LogP contribution < -0.4 is 16.0 Å². The maximum atomic E-state index is 14.7. The molecule has 0 saturated carbocycles. The molecule has 1 saturated heterocycles. The van der Waals surface area contributed by atoms with Crippen molar-refractivity contribution in [3.05, 3.63) is 53.8 Å². The van der Waals surface area contributed by atoms with Crippen molar-refractivity contribution >= 4 is 17.7 Å². The van der Waals surface area contributed by atoms with Crippen LogP contribution in [-0.2, 0) is 9.53 Å². The maximum absolute atomic E-state index is 14.7. The third kappa shape index (κ3) is 4.10. The SMILES string of the molecule is CC(=O)NCC1CN(c2ccc(-c3ccc(C(N)C#N)cc3)c(F)c2)C(=O)O1. The first-order valence-electron chi connectivity index (χ1n) is 8.66. The molecular formula is C20H19FN4O3. The van der Waals surface area contributed by atoms with Gasteiger partial charge in [0.2, 0.25) is 5.91 Å². The van der Waals surface area contributed by atoms with E-state index in [1.165, 1.54) is 17.9 Å². The summed E-state index contributed by atoms with van der Waals surface area (Å²) < 4.78 is 19.9. The van der Waals surface area contributed by atoms with Crippen molar-refractivity contribution in [2.75, 3.05) is 18.0 Å². The van der Waals surface area contributed by atoms with Gasteiger partial charge in [-0.2, -0.15) is 5.26 Å². The quantitative estimate of drug-likeness (QED) is 0.826. The van der Waals surface area contributed by atoms with E-state index >= 15 is 0 Å². The lowest BCUT2D eigenvalue weighted by Gasteiger charge is -2.15. The summed E-state index contributed by atoms with van der Waals surface area (Å²) in [6, 6.07) is 12.5. The van der Waals surface area contributed by atoms with Gasteiger partial charge in [-0.15, -0.1) is 0 Å². The van der Waals surface area contributed by atoms with Crippen molar-refractivity contribution in [2.24, 2.45) is 5.73 Å². The van der Waals surface area contributed by atoms with Crippen LogP contribution in [-0.4, -0.2) is 31.2 Å². The number of hydrogen-bond acceptors (Lipinski definition) is 5. The van der Waals surface area contributed by atoms with Crippen molar-refractivity contribution in [1.82, 2.24) is 5.32 Å². The lowest BCUT2D eigenvalue weighted by atomic mass is 10.0. The second-order valence-corrected chi connectivity index (χ2v) is 6.45. The molecule has 1 aliphatic heterocycles. The predicted octanol–water partition coefficient (Wildman–Crippen LogP) is 2.48. The number of carbonyl (C=O) groups is 2. The fourth-order valence-electron chi connectivity index (χ4n) is 2.95. The van der Waals surface area contributed by atoms with Crippen LogP contribution in [0.25, 0.3) is 11.1 Å². The Morgan fingerprint density at radius 1 is 1.39 bits per heavy atom. The van der Waals surface area contributed by atoms with Crippen molar-refractivity contribution in [1.29, 1.82) is 5.26 Å². The van der Waals surface area contributed by atoms with E-state index in [1.807, 2.05) is 6.07 Å². The third-order valence-corrected chi connectivity index (χ3v) is 4.44. The van der Waals surface area contributed by atoms with Gasteiger partial charge in [-0.25, -0.2) is 9.18 Å². The molecule has 8 heteroatoms. The van der Waals surface area contributed by atoms with Crippen LogP contribution in [0.2, 0.25) is 0 Å². The number of anilines is 1. The van der Waals surface area contributed by atoms with Crippen LogP contribution in [0.15, 0.2) is 42.5 Å². The summed E-state index contributed by atoms with van der Waals surface area (Å²) in [6.07, 6.45) is -1.08. The standard InChI is InChI=1S/C20H19FN4O3/c1-12(26)24-10-16-11-25(20(27)28-16)15-6-7-17(18(21)8-15)13-2-4-14(5-3-13)19(23)9-22/h2-8,16,19H,10-11,23H2,1H3,(H,24,26). The van der Waals surface area contributed by atoms with Crippen molar-refractivity contribution in [3.63, 3.8) is 0 Å². The van der Waals surface area contributed by atoms with Crippen molar-refractivity contribution in [3.8, 4) is 17.2 Å². The highest BCUT2D eigenvalue weighted by molar-refractivity contribution is 5.90. The molecule has 0 radical (unpaired) electrons. The molecule has 28 heavy (non-hydrogen) atoms. The van der Waals surface area contributed by atoms with Gasteiger partial charge in [0.1, 0.15) is 18.0 Å². The smallest absolute Gasteiger partial charge is 0.414 e. The summed E-state index contributed by atoms with van der Waals surface area (Å²) in [5.41, 5.74) is 7.67. The number of rotatable bonds is 5. The number of nitrogens with zero attached hydrogens (tertiary/aromatic N) is 2. The number of carbonyl (C=O) groups excluding carboxylic acids is 2. The van der Waals surface area contributed by atoms with Crippen LogP contribution in [0, 0.1) is 17.1 Å². The molecule has 0 aromatic heterocycles. The number of nitriles is 1. The number of benzene rings is 2. The number of hydrogen-bond donors (Lipinski definition) is 2. The fraction of sp³-hybridized carbons (Fsp3) is 0.250. The van der Waals surface area contributed by atoms with Gasteiger partial charge in [0.05, 0.1) is 24.8 Å². The molecule has 144 valence electrons. The topological polar surface area (TPSA) is 108 Å². The molecule has 2 aromatic rings. The summed E-state index contributed by atoms with van der Waals surface area (Å²) in [5.74, 6) is -0.709. The van der Waals surface area contributed by atoms with Gasteiger partial charge in [0.25, 0.3) is 0 Å². The van der Waals surface area contributed by atoms with Gasteiger partial charge in [-0.3, -0.25) is 9.69 Å². The first kappa shape index (κ1) is 19.3. The summed E-state index contributed by atoms with van der Waals surface area (Å²) in [7, 11) is 0. The molecule has 2 amide bonds. The number of nitrogens with two attached hydrogens (primary N) is 1. The van der Waals surface area contributed by atoms with E-state index in [1.54, 1.807) is 36.4 Å². The summed E-state index contributed by atoms with van der Waals surface area (Å²) >= 11 is 0. The third-order valence-electron chi connectivity index (χ3n) is 4.44. The molecule has 7 nitrogen and oxygen atoms in total. The van der Waals surface area contributed by atoms with E-state index in [-0.39, 0.29) is 19.0 Å². The number of ether oxygens (including phenoxy) is 1. The minimum Gasteiger partial charge on any atom is -0.442 e. The minimum atomic E-state index is -0.729. The lowest BCUT2D eigenvalue weighted by molar-refractivity contribution is -0.119. The molecule has 1 aliphatic rings. The number of cyclic esters (lactones) is 1. The van der Waals surface area contributed by atoms with Crippen LogP contribution in [0.4, 0.5) is 14.9 Å². The number of amides is 2. The zero-order valence-corrected chi connectivity index (χ0v) is 15.2. The minimum absolute atomic E-state index is 0.204. The molecule has 1 heterocycles. The highest BCUT2D eigenvalue weighted by Gasteiger charge is 2.32. The van der Waals surface area contributed by atoms with Gasteiger partial charge in [0, 0.05) is 12.5 Å². The highest BCUT2D eigenvalue weighted by atomic mass is 19.1. The molecule has 2 atom stereocenters. The second kappa shape index (κ2) is 8.06. The monoisotopic (exact) mass is 382 g/mol. The molecular weight excluding hydrogens is 363 g/mol. The normalized spacial score (nSPS) is 17.0. The molecule has 1 fully saturated rings. The maximum Gasteiger partial charge on any atom is 0.414 e. The van der Waals surface area contributed by atoms with E-state index in [0.717, 1.165) is 0 Å². The van der Waals surface area contributed by atoms with Crippen LogP contribution >= 0.6 is 0 Å². The van der Waals surface area contributed by atoms with E-state index in [4.69, 9.17) is 15.7 Å². The molecule has 0 spiro atoms. The van der Waals surface area contributed by atoms with E-state index < -0.39 is 24.1 Å². The van der Waals surface area contributed by atoms with E-state index in [9.17, 15) is 14.0 Å². The number of halogens is 1. The first-order chi connectivity index (χ1) is 13.4. The Morgan fingerprint density at radius 2 is 2.11 bits per heavy atom. The van der Waals surface area contributed by atoms with Crippen LogP contribution in [0.3, 0.4) is 0 Å². The summed E-state index contributed by atoms with van der Waals surface area (Å²) in [4.78, 5) is 24.4. The Labute approximate surface area is 161 Å². The zero-order valence-electron chi connectivity index (χ0n) is 15.2. The highest BCUT2D eigenvalue weighted by Crippen LogP contribution is 2.29. The molecule has 0 bridgehead atoms. The van der Waals surface area contributed by atoms with Gasteiger partial charge in [-0.1, -0.05) is 24.3 Å². The van der Waals surface area contributed by atoms with Crippen LogP contribution in [0.1, 0.15) is 18.5 Å². The summed E-state index contributed by atoms with van der Waals surface area (Å²) in [6.45, 7) is 1.80. The fourth-order valence-corrected chi connectivity index (χ4v) is 2.95. The summed E-state index contributed by atoms with van der Waals surface area (Å²) in [5, 5.41) is 11.4. The van der Waals surface area contributed by atoms with Gasteiger partial charge in [0.15, 0.2) is 0 Å². The number of nitrogens with one attached hydrogen (secondary N) is 1. The van der Waals surface area contributed by atoms with E-state index in [2.05, 4.69) is 5.32 Å². The Morgan fingerprint density at radius 3 is 2.71 bits per heavy atom. The molecule has 2 unspecified atom stereocenters. The second-order valence-electron chi connectivity index (χ2n) is 6.45.